The second-order valence-electron chi connectivity index (χ2n) is 6.49. The Bertz CT molecular complexity index is 1020. The van der Waals surface area contributed by atoms with Gasteiger partial charge in [0.2, 0.25) is 17.2 Å². The third kappa shape index (κ3) is 3.64. The van der Waals surface area contributed by atoms with Crippen LogP contribution in [0.1, 0.15) is 5.56 Å². The van der Waals surface area contributed by atoms with E-state index in [9.17, 15) is 4.79 Å². The van der Waals surface area contributed by atoms with Crippen LogP contribution < -0.4 is 10.6 Å². The minimum absolute atomic E-state index is 0.0908. The number of hydrogen-bond acceptors (Lipinski definition) is 7. The number of fused-ring (bicyclic) bond motifs is 1. The Morgan fingerprint density at radius 2 is 1.93 bits per heavy atom. The third-order valence-electron chi connectivity index (χ3n) is 4.65. The largest absolute Gasteiger partial charge is 0.480 e. The molecule has 28 heavy (non-hydrogen) atoms. The first kappa shape index (κ1) is 18.6. The summed E-state index contributed by atoms with van der Waals surface area (Å²) in [5.41, 5.74) is 7.38. The van der Waals surface area contributed by atoms with E-state index in [0.29, 0.717) is 38.2 Å². The number of halogens is 1. The summed E-state index contributed by atoms with van der Waals surface area (Å²) in [4.78, 5) is 26.3. The summed E-state index contributed by atoms with van der Waals surface area (Å²) in [7, 11) is 0. The third-order valence-corrected chi connectivity index (χ3v) is 4.81. The molecule has 0 radical (unpaired) electrons. The number of hydrogen-bond donors (Lipinski definition) is 2. The molecule has 3 aromatic rings. The van der Waals surface area contributed by atoms with Gasteiger partial charge >= 0.3 is 5.97 Å². The van der Waals surface area contributed by atoms with Gasteiger partial charge in [-0.25, -0.2) is 0 Å². The topological polar surface area (TPSA) is 119 Å². The van der Waals surface area contributed by atoms with E-state index in [1.54, 1.807) is 4.57 Å². The van der Waals surface area contributed by atoms with Gasteiger partial charge in [0, 0.05) is 31.1 Å². The lowest BCUT2D eigenvalue weighted by Gasteiger charge is -2.26. The van der Waals surface area contributed by atoms with Gasteiger partial charge in [0.05, 0.1) is 18.7 Å². The zero-order chi connectivity index (χ0) is 19.7. The highest BCUT2D eigenvalue weighted by Crippen LogP contribution is 2.26. The first-order chi connectivity index (χ1) is 13.5. The number of para-hydroxylation sites is 1. The minimum atomic E-state index is -1.05. The maximum absolute atomic E-state index is 11.2. The Kier molecular flexibility index (Phi) is 5.12. The number of aliphatic carboxylic acids is 1. The van der Waals surface area contributed by atoms with Crippen molar-refractivity contribution in [1.29, 1.82) is 0 Å². The van der Waals surface area contributed by atoms with Crippen LogP contribution in [0.5, 0.6) is 0 Å². The van der Waals surface area contributed by atoms with Crippen LogP contribution in [-0.4, -0.2) is 62.9 Å². The lowest BCUT2D eigenvalue weighted by Crippen LogP contribution is -2.37. The number of aromatic nitrogens is 4. The molecule has 0 spiro atoms. The zero-order valence-electron chi connectivity index (χ0n) is 15.0. The number of benzene rings is 1. The lowest BCUT2D eigenvalue weighted by molar-refractivity contribution is -0.138. The molecular weight excluding hydrogens is 384 g/mol. The van der Waals surface area contributed by atoms with Crippen LogP contribution in [-0.2, 0) is 16.0 Å². The van der Waals surface area contributed by atoms with Gasteiger partial charge in [-0.2, -0.15) is 15.0 Å². The van der Waals surface area contributed by atoms with Gasteiger partial charge in [-0.1, -0.05) is 18.2 Å². The zero-order valence-corrected chi connectivity index (χ0v) is 15.7. The summed E-state index contributed by atoms with van der Waals surface area (Å²) in [6.45, 7) is 2.54. The maximum Gasteiger partial charge on any atom is 0.320 e. The highest BCUT2D eigenvalue weighted by atomic mass is 35.5. The van der Waals surface area contributed by atoms with Gasteiger partial charge in [0.15, 0.2) is 0 Å². The Labute approximate surface area is 165 Å². The van der Waals surface area contributed by atoms with Crippen molar-refractivity contribution in [1.82, 2.24) is 19.5 Å². The van der Waals surface area contributed by atoms with Gasteiger partial charge in [-0.3, -0.25) is 9.36 Å². The molecule has 146 valence electrons. The molecule has 0 aliphatic carbocycles. The second kappa shape index (κ2) is 7.70. The van der Waals surface area contributed by atoms with E-state index in [2.05, 4.69) is 15.0 Å². The van der Waals surface area contributed by atoms with E-state index in [0.717, 1.165) is 16.5 Å². The molecule has 0 unspecified atom stereocenters. The molecule has 9 nitrogen and oxygen atoms in total. The van der Waals surface area contributed by atoms with Gasteiger partial charge in [-0.05, 0) is 23.2 Å². The Morgan fingerprint density at radius 3 is 2.68 bits per heavy atom. The van der Waals surface area contributed by atoms with Crippen LogP contribution in [0.4, 0.5) is 5.95 Å². The molecule has 0 saturated carbocycles. The molecule has 1 fully saturated rings. The predicted octanol–water partition coefficient (Wildman–Crippen LogP) is 1.26. The fourth-order valence-corrected chi connectivity index (χ4v) is 3.40. The second-order valence-corrected chi connectivity index (χ2v) is 6.83. The monoisotopic (exact) mass is 402 g/mol. The predicted molar refractivity (Wildman–Crippen MR) is 104 cm³/mol. The summed E-state index contributed by atoms with van der Waals surface area (Å²) in [5.74, 6) is -0.192. The smallest absolute Gasteiger partial charge is 0.320 e. The number of rotatable bonds is 5. The van der Waals surface area contributed by atoms with Crippen LogP contribution in [0.25, 0.3) is 16.9 Å². The number of carbonyl (C=O) groups is 1. The Balaban J connectivity index is 1.78. The number of morpholine rings is 1. The molecule has 1 atom stereocenters. The summed E-state index contributed by atoms with van der Waals surface area (Å²) in [6, 6.07) is 6.62. The lowest BCUT2D eigenvalue weighted by atomic mass is 10.1. The molecule has 10 heteroatoms. The van der Waals surface area contributed by atoms with Crippen LogP contribution >= 0.6 is 11.6 Å². The molecule has 1 saturated heterocycles. The summed E-state index contributed by atoms with van der Waals surface area (Å²) in [6.07, 6.45) is 2.00. The van der Waals surface area contributed by atoms with E-state index in [-0.39, 0.29) is 11.7 Å². The van der Waals surface area contributed by atoms with Crippen molar-refractivity contribution in [2.75, 3.05) is 31.2 Å². The quantitative estimate of drug-likeness (QED) is 0.654. The van der Waals surface area contributed by atoms with Gasteiger partial charge < -0.3 is 20.5 Å². The van der Waals surface area contributed by atoms with Crippen molar-refractivity contribution in [2.24, 2.45) is 5.73 Å². The number of ether oxygens (including phenoxy) is 1. The number of anilines is 1. The fourth-order valence-electron chi connectivity index (χ4n) is 3.24. The molecule has 2 aromatic heterocycles. The molecule has 1 aromatic carbocycles. The average molecular weight is 403 g/mol. The first-order valence-electron chi connectivity index (χ1n) is 8.85. The summed E-state index contributed by atoms with van der Waals surface area (Å²) in [5, 5.41) is 10.1. The normalized spacial score (nSPS) is 15.7. The average Bonchev–Trinajstić information content (AvgIpc) is 3.07. The standard InChI is InChI=1S/C18H19ClN6O3/c19-16-21-17(24-5-7-28-8-6-24)23-18(22-16)25-10-11(9-13(20)15(26)27)12-3-1-2-4-14(12)25/h1-4,10,13H,5-9,20H2,(H,26,27)/t13-/m0/s1. The van der Waals surface area contributed by atoms with Crippen molar-refractivity contribution in [3.8, 4) is 5.95 Å². The van der Waals surface area contributed by atoms with Crippen molar-refractivity contribution < 1.29 is 14.6 Å². The molecule has 1 aliphatic heterocycles. The Hall–Kier alpha value is -2.75. The van der Waals surface area contributed by atoms with Crippen LogP contribution in [0, 0.1) is 0 Å². The fraction of sp³-hybridized carbons (Fsp3) is 0.333. The van der Waals surface area contributed by atoms with E-state index in [4.69, 9.17) is 27.2 Å². The van der Waals surface area contributed by atoms with Crippen molar-refractivity contribution in [2.45, 2.75) is 12.5 Å². The van der Waals surface area contributed by atoms with Gasteiger partial charge in [0.1, 0.15) is 6.04 Å². The van der Waals surface area contributed by atoms with E-state index in [1.807, 2.05) is 35.4 Å². The summed E-state index contributed by atoms with van der Waals surface area (Å²) < 4.78 is 7.16. The van der Waals surface area contributed by atoms with Crippen LogP contribution in [0.3, 0.4) is 0 Å². The van der Waals surface area contributed by atoms with E-state index in [1.165, 1.54) is 0 Å². The number of carboxylic acid groups (broad SMARTS) is 1. The first-order valence-corrected chi connectivity index (χ1v) is 9.22. The minimum Gasteiger partial charge on any atom is -0.480 e. The van der Waals surface area contributed by atoms with Crippen LogP contribution in [0.15, 0.2) is 30.5 Å². The highest BCUT2D eigenvalue weighted by molar-refractivity contribution is 6.28. The molecule has 0 amide bonds. The van der Waals surface area contributed by atoms with Crippen molar-refractivity contribution in [3.05, 3.63) is 41.3 Å². The molecule has 4 rings (SSSR count). The summed E-state index contributed by atoms with van der Waals surface area (Å²) >= 11 is 6.17. The Morgan fingerprint density at radius 1 is 1.21 bits per heavy atom. The van der Waals surface area contributed by atoms with E-state index < -0.39 is 12.0 Å². The maximum atomic E-state index is 11.2. The molecule has 3 N–H and O–H groups in total. The molecular formula is C18H19ClN6O3. The van der Waals surface area contributed by atoms with Crippen molar-refractivity contribution in [3.63, 3.8) is 0 Å². The van der Waals surface area contributed by atoms with Crippen molar-refractivity contribution >= 4 is 34.4 Å². The van der Waals surface area contributed by atoms with E-state index >= 15 is 0 Å². The molecule has 3 heterocycles. The molecule has 0 bridgehead atoms. The highest BCUT2D eigenvalue weighted by Gasteiger charge is 2.20. The van der Waals surface area contributed by atoms with Crippen LogP contribution in [0.2, 0.25) is 5.28 Å². The van der Waals surface area contributed by atoms with Gasteiger partial charge in [0.25, 0.3) is 0 Å². The number of carboxylic acids is 1. The SMILES string of the molecule is N[C@@H](Cc1cn(-c2nc(Cl)nc(N3CCOCC3)n2)c2ccccc12)C(=O)O. The number of nitrogens with zero attached hydrogens (tertiary/aromatic N) is 5. The molecule has 1 aliphatic rings. The van der Waals surface area contributed by atoms with Gasteiger partial charge in [-0.15, -0.1) is 0 Å². The number of nitrogens with two attached hydrogens (primary N) is 1.